The third kappa shape index (κ3) is 6.17. The van der Waals surface area contributed by atoms with Gasteiger partial charge in [0.25, 0.3) is 5.91 Å². The normalized spacial score (nSPS) is 11.2. The molecule has 1 aromatic carbocycles. The molecule has 2 rings (SSSR count). The van der Waals surface area contributed by atoms with Gasteiger partial charge in [-0.2, -0.15) is 0 Å². The molecule has 0 saturated heterocycles. The fourth-order valence-corrected chi connectivity index (χ4v) is 3.57. The van der Waals surface area contributed by atoms with E-state index in [4.69, 9.17) is 4.52 Å². The molecular weight excluding hydrogens is 366 g/mol. The molecule has 0 atom stereocenters. The van der Waals surface area contributed by atoms with Gasteiger partial charge in [0.2, 0.25) is 5.91 Å². The molecule has 1 aromatic heterocycles. The highest BCUT2D eigenvalue weighted by atomic mass is 16.5. The Morgan fingerprint density at radius 3 is 2.24 bits per heavy atom. The summed E-state index contributed by atoms with van der Waals surface area (Å²) < 4.78 is 5.53. The lowest BCUT2D eigenvalue weighted by Gasteiger charge is -2.23. The van der Waals surface area contributed by atoms with Gasteiger partial charge in [-0.3, -0.25) is 9.59 Å². The van der Waals surface area contributed by atoms with Gasteiger partial charge in [-0.05, 0) is 51.7 Å². The van der Waals surface area contributed by atoms with E-state index in [1.807, 2.05) is 41.5 Å². The van der Waals surface area contributed by atoms with E-state index in [1.165, 1.54) is 5.56 Å². The molecule has 2 amide bonds. The van der Waals surface area contributed by atoms with Crippen molar-refractivity contribution < 1.29 is 14.1 Å². The first-order valence-electron chi connectivity index (χ1n) is 10.2. The molecule has 29 heavy (non-hydrogen) atoms. The Labute approximate surface area is 173 Å². The largest absolute Gasteiger partial charge is 0.355 e. The van der Waals surface area contributed by atoms with Crippen LogP contribution in [0.1, 0.15) is 61.3 Å². The molecule has 158 valence electrons. The number of amides is 2. The minimum absolute atomic E-state index is 0.0618. The van der Waals surface area contributed by atoms with E-state index < -0.39 is 0 Å². The number of carbonyl (C=O) groups excluding carboxylic acids is 2. The molecule has 0 aliphatic heterocycles. The molecule has 0 radical (unpaired) electrons. The number of hydrogen-bond acceptors (Lipinski definition) is 4. The summed E-state index contributed by atoms with van der Waals surface area (Å²) in [6.07, 6.45) is 0.261. The number of aromatic nitrogens is 1. The number of carbonyl (C=O) groups is 2. The first-order chi connectivity index (χ1) is 13.6. The van der Waals surface area contributed by atoms with Crippen molar-refractivity contribution in [2.45, 2.75) is 60.9 Å². The molecular formula is C23H33N3O3. The van der Waals surface area contributed by atoms with E-state index in [0.29, 0.717) is 18.8 Å². The first-order valence-corrected chi connectivity index (χ1v) is 10.2. The van der Waals surface area contributed by atoms with Gasteiger partial charge in [0.15, 0.2) is 11.5 Å². The van der Waals surface area contributed by atoms with Crippen LogP contribution in [0.15, 0.2) is 22.7 Å². The maximum atomic E-state index is 13.1. The molecule has 6 nitrogen and oxygen atoms in total. The van der Waals surface area contributed by atoms with E-state index in [9.17, 15) is 9.59 Å². The van der Waals surface area contributed by atoms with Crippen molar-refractivity contribution in [1.82, 2.24) is 15.4 Å². The second kappa shape index (κ2) is 9.72. The predicted octanol–water partition coefficient (Wildman–Crippen LogP) is 4.28. The van der Waals surface area contributed by atoms with Crippen LogP contribution in [0.2, 0.25) is 0 Å². The molecule has 6 heteroatoms. The second-order valence-corrected chi connectivity index (χ2v) is 8.47. The average Bonchev–Trinajstić information content (AvgIpc) is 3.05. The van der Waals surface area contributed by atoms with Crippen LogP contribution >= 0.6 is 0 Å². The van der Waals surface area contributed by atoms with E-state index in [-0.39, 0.29) is 35.9 Å². The molecule has 0 fully saturated rings. The quantitative estimate of drug-likeness (QED) is 0.719. The maximum absolute atomic E-state index is 13.1. The lowest BCUT2D eigenvalue weighted by atomic mass is 9.98. The van der Waals surface area contributed by atoms with Crippen LogP contribution in [0.4, 0.5) is 0 Å². The van der Waals surface area contributed by atoms with Crippen LogP contribution in [0.5, 0.6) is 0 Å². The van der Waals surface area contributed by atoms with Gasteiger partial charge >= 0.3 is 0 Å². The number of rotatable bonds is 8. The molecule has 0 bridgehead atoms. The van der Waals surface area contributed by atoms with Crippen LogP contribution in [0, 0.1) is 26.7 Å². The van der Waals surface area contributed by atoms with E-state index in [0.717, 1.165) is 16.7 Å². The summed E-state index contributed by atoms with van der Waals surface area (Å²) in [4.78, 5) is 26.7. The number of hydrogen-bond donors (Lipinski definition) is 1. The van der Waals surface area contributed by atoms with Gasteiger partial charge in [0.05, 0.1) is 0 Å². The van der Waals surface area contributed by atoms with Crippen LogP contribution in [0.3, 0.4) is 0 Å². The van der Waals surface area contributed by atoms with Gasteiger partial charge < -0.3 is 14.7 Å². The van der Waals surface area contributed by atoms with Crippen molar-refractivity contribution in [2.75, 3.05) is 13.1 Å². The number of benzene rings is 1. The van der Waals surface area contributed by atoms with Gasteiger partial charge in [-0.15, -0.1) is 0 Å². The van der Waals surface area contributed by atoms with E-state index in [2.05, 4.69) is 29.5 Å². The van der Waals surface area contributed by atoms with Crippen molar-refractivity contribution in [3.8, 4) is 11.3 Å². The summed E-state index contributed by atoms with van der Waals surface area (Å²) in [5.74, 6) is 0.590. The minimum atomic E-state index is -0.214. The zero-order valence-electron chi connectivity index (χ0n) is 18.6. The van der Waals surface area contributed by atoms with E-state index in [1.54, 1.807) is 11.0 Å². The summed E-state index contributed by atoms with van der Waals surface area (Å²) in [7, 11) is 0. The zero-order chi connectivity index (χ0) is 21.7. The van der Waals surface area contributed by atoms with Gasteiger partial charge in [-0.1, -0.05) is 36.7 Å². The van der Waals surface area contributed by atoms with Crippen LogP contribution in [-0.2, 0) is 4.79 Å². The Balaban J connectivity index is 2.21. The standard InChI is InChI=1S/C23H33N3O3/c1-14(2)13-26(9-8-21(27)24-15(3)4)23(28)19-12-20(29-25-19)22-17(6)10-16(5)11-18(22)7/h10-12,14-15H,8-9,13H2,1-7H3,(H,24,27). The third-order valence-corrected chi connectivity index (χ3v) is 4.58. The summed E-state index contributed by atoms with van der Waals surface area (Å²) in [6.45, 7) is 14.9. The fourth-order valence-electron chi connectivity index (χ4n) is 3.57. The summed E-state index contributed by atoms with van der Waals surface area (Å²) in [5, 5.41) is 6.90. The summed E-state index contributed by atoms with van der Waals surface area (Å²) in [5.41, 5.74) is 4.59. The smallest absolute Gasteiger partial charge is 0.276 e. The Morgan fingerprint density at radius 2 is 1.69 bits per heavy atom. The lowest BCUT2D eigenvalue weighted by Crippen LogP contribution is -2.38. The number of aryl methyl sites for hydroxylation is 3. The van der Waals surface area contributed by atoms with Gasteiger partial charge in [0, 0.05) is 37.2 Å². The molecule has 0 aliphatic carbocycles. The zero-order valence-corrected chi connectivity index (χ0v) is 18.6. The predicted molar refractivity (Wildman–Crippen MR) is 115 cm³/mol. The monoisotopic (exact) mass is 399 g/mol. The Kier molecular flexibility index (Phi) is 7.59. The molecule has 0 aliphatic rings. The second-order valence-electron chi connectivity index (χ2n) is 8.47. The highest BCUT2D eigenvalue weighted by Crippen LogP contribution is 2.29. The van der Waals surface area contributed by atoms with Crippen LogP contribution in [-0.4, -0.2) is 41.0 Å². The minimum Gasteiger partial charge on any atom is -0.355 e. The van der Waals surface area contributed by atoms with Crippen LogP contribution in [0.25, 0.3) is 11.3 Å². The fraction of sp³-hybridized carbons (Fsp3) is 0.522. The Bertz CT molecular complexity index is 845. The SMILES string of the molecule is Cc1cc(C)c(-c2cc(C(=O)N(CCC(=O)NC(C)C)CC(C)C)no2)c(C)c1. The summed E-state index contributed by atoms with van der Waals surface area (Å²) in [6, 6.07) is 5.96. The van der Waals surface area contributed by atoms with Crippen molar-refractivity contribution in [1.29, 1.82) is 0 Å². The average molecular weight is 400 g/mol. The number of nitrogens with zero attached hydrogens (tertiary/aromatic N) is 2. The van der Waals surface area contributed by atoms with Crippen molar-refractivity contribution >= 4 is 11.8 Å². The Morgan fingerprint density at radius 1 is 1.07 bits per heavy atom. The van der Waals surface area contributed by atoms with Crippen molar-refractivity contribution in [2.24, 2.45) is 5.92 Å². The van der Waals surface area contributed by atoms with E-state index >= 15 is 0 Å². The Hall–Kier alpha value is -2.63. The highest BCUT2D eigenvalue weighted by Gasteiger charge is 2.23. The first kappa shape index (κ1) is 22.7. The van der Waals surface area contributed by atoms with Gasteiger partial charge in [0.1, 0.15) is 0 Å². The highest BCUT2D eigenvalue weighted by molar-refractivity contribution is 5.93. The number of nitrogens with one attached hydrogen (secondary N) is 1. The molecule has 0 spiro atoms. The van der Waals surface area contributed by atoms with Crippen molar-refractivity contribution in [3.63, 3.8) is 0 Å². The molecule has 1 N–H and O–H groups in total. The lowest BCUT2D eigenvalue weighted by molar-refractivity contribution is -0.121. The maximum Gasteiger partial charge on any atom is 0.276 e. The molecule has 1 heterocycles. The third-order valence-electron chi connectivity index (χ3n) is 4.58. The summed E-state index contributed by atoms with van der Waals surface area (Å²) >= 11 is 0. The van der Waals surface area contributed by atoms with Crippen molar-refractivity contribution in [3.05, 3.63) is 40.6 Å². The van der Waals surface area contributed by atoms with Gasteiger partial charge in [-0.25, -0.2) is 0 Å². The van der Waals surface area contributed by atoms with Crippen LogP contribution < -0.4 is 5.32 Å². The molecule has 0 saturated carbocycles. The molecule has 0 unspecified atom stereocenters. The molecule has 2 aromatic rings. The topological polar surface area (TPSA) is 75.4 Å².